The zero-order valence-electron chi connectivity index (χ0n) is 15.9. The average molecular weight is 418 g/mol. The quantitative estimate of drug-likeness (QED) is 0.506. The Balaban J connectivity index is 2.21. The second kappa shape index (κ2) is 7.94. The lowest BCUT2D eigenvalue weighted by atomic mass is 10.1. The third kappa shape index (κ3) is 3.91. The van der Waals surface area contributed by atoms with Gasteiger partial charge >= 0.3 is 0 Å². The summed E-state index contributed by atoms with van der Waals surface area (Å²) in [6, 6.07) is 17.2. The van der Waals surface area contributed by atoms with Crippen molar-refractivity contribution >= 4 is 27.3 Å². The van der Waals surface area contributed by atoms with Crippen LogP contribution in [0.4, 0.5) is 10.1 Å². The molecule has 0 heterocycles. The number of anilines is 1. The minimum atomic E-state index is -3.99. The van der Waals surface area contributed by atoms with Crippen molar-refractivity contribution in [3.05, 3.63) is 94.3 Å². The zero-order valence-corrected chi connectivity index (χ0v) is 17.4. The highest BCUT2D eigenvalue weighted by Crippen LogP contribution is 2.35. The van der Waals surface area contributed by atoms with Gasteiger partial charge in [0.2, 0.25) is 0 Å². The molecular formula is C22H21ClFNO2S. The second-order valence-corrected chi connectivity index (χ2v) is 8.97. The molecule has 0 spiro atoms. The van der Waals surface area contributed by atoms with Crippen molar-refractivity contribution < 1.29 is 12.8 Å². The number of nitrogens with zero attached hydrogens (tertiary/aromatic N) is 1. The highest BCUT2D eigenvalue weighted by molar-refractivity contribution is 7.92. The fraction of sp³-hybridized carbons (Fsp3) is 0.182. The van der Waals surface area contributed by atoms with E-state index >= 15 is 0 Å². The Hall–Kier alpha value is -2.37. The molecule has 0 unspecified atom stereocenters. The number of halogens is 2. The van der Waals surface area contributed by atoms with Gasteiger partial charge in [-0.1, -0.05) is 48.0 Å². The van der Waals surface area contributed by atoms with Crippen LogP contribution in [0.5, 0.6) is 0 Å². The van der Waals surface area contributed by atoms with Crippen molar-refractivity contribution in [1.29, 1.82) is 0 Å². The van der Waals surface area contributed by atoms with Crippen LogP contribution < -0.4 is 4.31 Å². The van der Waals surface area contributed by atoms with E-state index in [4.69, 9.17) is 11.6 Å². The molecule has 3 aromatic carbocycles. The second-order valence-electron chi connectivity index (χ2n) is 6.75. The van der Waals surface area contributed by atoms with Crippen molar-refractivity contribution in [2.45, 2.75) is 31.7 Å². The maximum absolute atomic E-state index is 14.5. The summed E-state index contributed by atoms with van der Waals surface area (Å²) < 4.78 is 42.9. The summed E-state index contributed by atoms with van der Waals surface area (Å²) in [5, 5.41) is 0.365. The first-order valence-electron chi connectivity index (χ1n) is 8.83. The molecule has 3 rings (SSSR count). The number of aryl methyl sites for hydroxylation is 2. The van der Waals surface area contributed by atoms with Gasteiger partial charge in [0.05, 0.1) is 16.6 Å². The van der Waals surface area contributed by atoms with Gasteiger partial charge in [-0.05, 0) is 62.2 Å². The Morgan fingerprint density at radius 2 is 1.68 bits per heavy atom. The van der Waals surface area contributed by atoms with Crippen LogP contribution in [0.2, 0.25) is 5.02 Å². The predicted molar refractivity (Wildman–Crippen MR) is 112 cm³/mol. The van der Waals surface area contributed by atoms with E-state index < -0.39 is 21.9 Å². The molecule has 0 amide bonds. The van der Waals surface area contributed by atoms with Crippen LogP contribution in [0.1, 0.15) is 29.7 Å². The monoisotopic (exact) mass is 417 g/mol. The van der Waals surface area contributed by atoms with E-state index in [0.717, 1.165) is 11.1 Å². The molecule has 146 valence electrons. The molecule has 3 aromatic rings. The Kier molecular flexibility index (Phi) is 5.77. The van der Waals surface area contributed by atoms with Crippen LogP contribution >= 0.6 is 11.6 Å². The third-order valence-corrected chi connectivity index (χ3v) is 6.97. The van der Waals surface area contributed by atoms with Crippen LogP contribution in [0.15, 0.2) is 71.6 Å². The van der Waals surface area contributed by atoms with Crippen LogP contribution in [0.25, 0.3) is 0 Å². The highest BCUT2D eigenvalue weighted by Gasteiger charge is 2.32. The predicted octanol–water partition coefficient (Wildman–Crippen LogP) is 6.05. The Labute approximate surface area is 170 Å². The van der Waals surface area contributed by atoms with Gasteiger partial charge in [0.1, 0.15) is 5.82 Å². The first-order valence-corrected chi connectivity index (χ1v) is 10.7. The lowest BCUT2D eigenvalue weighted by Crippen LogP contribution is -2.34. The van der Waals surface area contributed by atoms with E-state index in [1.54, 1.807) is 56.3 Å². The molecule has 0 saturated carbocycles. The summed E-state index contributed by atoms with van der Waals surface area (Å²) in [6.07, 6.45) is 0. The Morgan fingerprint density at radius 1 is 0.964 bits per heavy atom. The molecule has 0 saturated heterocycles. The molecule has 0 fully saturated rings. The lowest BCUT2D eigenvalue weighted by molar-refractivity contribution is 0.569. The molecule has 6 heteroatoms. The van der Waals surface area contributed by atoms with Gasteiger partial charge < -0.3 is 0 Å². The van der Waals surface area contributed by atoms with Gasteiger partial charge in [-0.15, -0.1) is 0 Å². The molecule has 0 bridgehead atoms. The smallest absolute Gasteiger partial charge is 0.259 e. The summed E-state index contributed by atoms with van der Waals surface area (Å²) in [5.41, 5.74) is 2.45. The average Bonchev–Trinajstić information content (AvgIpc) is 2.64. The van der Waals surface area contributed by atoms with Crippen molar-refractivity contribution in [3.8, 4) is 0 Å². The van der Waals surface area contributed by atoms with Crippen molar-refractivity contribution in [2.75, 3.05) is 4.31 Å². The van der Waals surface area contributed by atoms with Gasteiger partial charge in [-0.25, -0.2) is 12.8 Å². The lowest BCUT2D eigenvalue weighted by Gasteiger charge is -2.31. The topological polar surface area (TPSA) is 37.4 Å². The van der Waals surface area contributed by atoms with Crippen molar-refractivity contribution in [3.63, 3.8) is 0 Å². The standard InChI is InChI=1S/C22H21ClFNO2S/c1-15-7-6-8-18(13-15)25(17(3)20-9-4-5-10-22(20)24)28(26,27)19-12-11-16(2)21(23)14-19/h4-14,17H,1-3H3/t17-/m0/s1. The van der Waals surface area contributed by atoms with E-state index in [-0.39, 0.29) is 4.90 Å². The summed E-state index contributed by atoms with van der Waals surface area (Å²) >= 11 is 6.17. The summed E-state index contributed by atoms with van der Waals surface area (Å²) in [5.74, 6) is -0.454. The summed E-state index contributed by atoms with van der Waals surface area (Å²) in [7, 11) is -3.99. The highest BCUT2D eigenvalue weighted by atomic mass is 35.5. The van der Waals surface area contributed by atoms with E-state index in [1.165, 1.54) is 22.5 Å². The molecule has 1 atom stereocenters. The number of rotatable bonds is 5. The molecule has 28 heavy (non-hydrogen) atoms. The van der Waals surface area contributed by atoms with E-state index in [0.29, 0.717) is 16.3 Å². The maximum Gasteiger partial charge on any atom is 0.264 e. The SMILES string of the molecule is Cc1cccc(N([C@@H](C)c2ccccc2F)S(=O)(=O)c2ccc(C)c(Cl)c2)c1. The minimum Gasteiger partial charge on any atom is -0.259 e. The molecule has 3 nitrogen and oxygen atoms in total. The van der Waals surface area contributed by atoms with E-state index in [9.17, 15) is 12.8 Å². The molecule has 0 aliphatic heterocycles. The van der Waals surface area contributed by atoms with Crippen molar-refractivity contribution in [2.24, 2.45) is 0 Å². The molecule has 0 aliphatic carbocycles. The normalized spacial score (nSPS) is 12.6. The number of hydrogen-bond donors (Lipinski definition) is 0. The zero-order chi connectivity index (χ0) is 20.5. The number of benzene rings is 3. The Bertz CT molecular complexity index is 1120. The fourth-order valence-corrected chi connectivity index (χ4v) is 5.02. The molecule has 0 aromatic heterocycles. The summed E-state index contributed by atoms with van der Waals surface area (Å²) in [6.45, 7) is 5.36. The van der Waals surface area contributed by atoms with Crippen molar-refractivity contribution in [1.82, 2.24) is 0 Å². The molecule has 0 N–H and O–H groups in total. The van der Waals surface area contributed by atoms with Gasteiger partial charge in [0.25, 0.3) is 10.0 Å². The molecule has 0 aliphatic rings. The minimum absolute atomic E-state index is 0.0628. The van der Waals surface area contributed by atoms with Gasteiger partial charge in [0, 0.05) is 10.6 Å². The number of sulfonamides is 1. The summed E-state index contributed by atoms with van der Waals surface area (Å²) in [4.78, 5) is 0.0628. The first kappa shape index (κ1) is 20.4. The van der Waals surface area contributed by atoms with Crippen LogP contribution in [-0.2, 0) is 10.0 Å². The molecular weight excluding hydrogens is 397 g/mol. The van der Waals surface area contributed by atoms with E-state index in [1.807, 2.05) is 13.0 Å². The molecule has 0 radical (unpaired) electrons. The van der Waals surface area contributed by atoms with Gasteiger partial charge in [0.15, 0.2) is 0 Å². The Morgan fingerprint density at radius 3 is 2.32 bits per heavy atom. The largest absolute Gasteiger partial charge is 0.264 e. The maximum atomic E-state index is 14.5. The third-order valence-electron chi connectivity index (χ3n) is 4.66. The van der Waals surface area contributed by atoms with Crippen LogP contribution in [-0.4, -0.2) is 8.42 Å². The fourth-order valence-electron chi connectivity index (χ4n) is 3.12. The van der Waals surface area contributed by atoms with Gasteiger partial charge in [-0.2, -0.15) is 0 Å². The van der Waals surface area contributed by atoms with Crippen LogP contribution in [0.3, 0.4) is 0 Å². The first-order chi connectivity index (χ1) is 13.2. The number of hydrogen-bond acceptors (Lipinski definition) is 2. The van der Waals surface area contributed by atoms with Gasteiger partial charge in [-0.3, -0.25) is 4.31 Å². The van der Waals surface area contributed by atoms with Crippen LogP contribution in [0, 0.1) is 19.7 Å². The van der Waals surface area contributed by atoms with E-state index in [2.05, 4.69) is 0 Å².